The summed E-state index contributed by atoms with van der Waals surface area (Å²) >= 11 is 4.01. The van der Waals surface area contributed by atoms with E-state index in [2.05, 4.69) is 12.1 Å². The van der Waals surface area contributed by atoms with Crippen LogP contribution in [-0.4, -0.2) is 47.8 Å². The molecule has 2 aromatic carbocycles. The number of likely N-dealkylation sites (tertiary alicyclic amines) is 1. The van der Waals surface area contributed by atoms with Gasteiger partial charge in [-0.1, -0.05) is 29.8 Å². The highest BCUT2D eigenvalue weighted by atomic mass is 32.2. The van der Waals surface area contributed by atoms with E-state index in [0.29, 0.717) is 30.0 Å². The first-order valence-corrected chi connectivity index (χ1v) is 13.5. The number of ether oxygens (including phenoxy) is 1. The van der Waals surface area contributed by atoms with Crippen LogP contribution in [0.25, 0.3) is 0 Å². The smallest absolute Gasteiger partial charge is 0.253 e. The fraction of sp³-hybridized carbons (Fsp3) is 0.462. The van der Waals surface area contributed by atoms with Crippen LogP contribution in [-0.2, 0) is 4.79 Å². The first-order valence-electron chi connectivity index (χ1n) is 11.4. The predicted octanol–water partition coefficient (Wildman–Crippen LogP) is 5.75. The molecule has 0 N–H and O–H groups in total. The number of rotatable bonds is 7. The summed E-state index contributed by atoms with van der Waals surface area (Å²) in [6.07, 6.45) is 3.56. The van der Waals surface area contributed by atoms with E-state index >= 15 is 0 Å². The van der Waals surface area contributed by atoms with Gasteiger partial charge in [0.1, 0.15) is 12.4 Å². The van der Waals surface area contributed by atoms with Gasteiger partial charge in [-0.05, 0) is 73.4 Å². The van der Waals surface area contributed by atoms with Crippen LogP contribution in [0.15, 0.2) is 48.5 Å². The molecule has 2 aliphatic heterocycles. The predicted molar refractivity (Wildman–Crippen MR) is 134 cm³/mol. The average Bonchev–Trinajstić information content (AvgIpc) is 2.84. The molecule has 4 nitrogen and oxygen atoms in total. The van der Waals surface area contributed by atoms with E-state index in [1.54, 1.807) is 0 Å². The van der Waals surface area contributed by atoms with Gasteiger partial charge in [0.15, 0.2) is 5.78 Å². The van der Waals surface area contributed by atoms with Gasteiger partial charge in [-0.2, -0.15) is 0 Å². The summed E-state index contributed by atoms with van der Waals surface area (Å²) in [6, 6.07) is 15.9. The van der Waals surface area contributed by atoms with Crippen molar-refractivity contribution in [3.63, 3.8) is 0 Å². The van der Waals surface area contributed by atoms with Crippen molar-refractivity contribution in [2.24, 2.45) is 5.92 Å². The maximum Gasteiger partial charge on any atom is 0.253 e. The molecule has 0 aliphatic carbocycles. The third-order valence-electron chi connectivity index (χ3n) is 6.10. The zero-order valence-electron chi connectivity index (χ0n) is 18.6. The zero-order chi connectivity index (χ0) is 22.3. The Morgan fingerprint density at radius 3 is 2.28 bits per heavy atom. The van der Waals surface area contributed by atoms with Gasteiger partial charge in [-0.15, -0.1) is 23.5 Å². The molecule has 0 bridgehead atoms. The molecule has 0 aromatic heterocycles. The van der Waals surface area contributed by atoms with Crippen molar-refractivity contribution in [2.45, 2.75) is 37.2 Å². The van der Waals surface area contributed by atoms with Crippen LogP contribution >= 0.6 is 23.5 Å². The molecule has 2 fully saturated rings. The fourth-order valence-corrected chi connectivity index (χ4v) is 7.06. The van der Waals surface area contributed by atoms with Crippen LogP contribution in [0.2, 0.25) is 0 Å². The third kappa shape index (κ3) is 6.32. The molecule has 2 aromatic rings. The second-order valence-electron chi connectivity index (χ2n) is 8.63. The normalized spacial score (nSPS) is 17.8. The topological polar surface area (TPSA) is 46.6 Å². The molecule has 0 spiro atoms. The molecule has 0 atom stereocenters. The van der Waals surface area contributed by atoms with Crippen molar-refractivity contribution in [1.29, 1.82) is 0 Å². The fourth-order valence-electron chi connectivity index (χ4n) is 4.17. The molecule has 0 saturated carbocycles. The van der Waals surface area contributed by atoms with Crippen molar-refractivity contribution in [3.05, 3.63) is 65.2 Å². The number of hydrogen-bond acceptors (Lipinski definition) is 5. The first kappa shape index (κ1) is 23.2. The Labute approximate surface area is 199 Å². The summed E-state index contributed by atoms with van der Waals surface area (Å²) in [4.78, 5) is 27.0. The third-order valence-corrected chi connectivity index (χ3v) is 9.11. The summed E-state index contributed by atoms with van der Waals surface area (Å²) in [5.74, 6) is 3.76. The Hall–Kier alpha value is -1.92. The maximum absolute atomic E-state index is 12.7. The van der Waals surface area contributed by atoms with Crippen molar-refractivity contribution >= 4 is 35.2 Å². The van der Waals surface area contributed by atoms with Crippen molar-refractivity contribution in [1.82, 2.24) is 4.90 Å². The van der Waals surface area contributed by atoms with Crippen LogP contribution in [0, 0.1) is 12.8 Å². The largest absolute Gasteiger partial charge is 0.486 e. The highest BCUT2D eigenvalue weighted by Crippen LogP contribution is 2.43. The van der Waals surface area contributed by atoms with Gasteiger partial charge in [-0.25, -0.2) is 0 Å². The Morgan fingerprint density at radius 1 is 0.969 bits per heavy atom. The molecular formula is C26H31NO3S2. The number of Topliss-reactive ketones (excluding diaryl/α,β-unsaturated/α-hetero) is 1. The van der Waals surface area contributed by atoms with Gasteiger partial charge in [0.2, 0.25) is 0 Å². The number of amides is 1. The van der Waals surface area contributed by atoms with Gasteiger partial charge in [0.25, 0.3) is 5.91 Å². The monoisotopic (exact) mass is 469 g/mol. The number of nitrogens with zero attached hydrogens (tertiary/aromatic N) is 1. The molecule has 32 heavy (non-hydrogen) atoms. The van der Waals surface area contributed by atoms with Crippen LogP contribution in [0.5, 0.6) is 5.75 Å². The molecule has 0 radical (unpaired) electrons. The minimum atomic E-state index is 0.0894. The summed E-state index contributed by atoms with van der Waals surface area (Å²) in [7, 11) is 0. The van der Waals surface area contributed by atoms with Crippen LogP contribution in [0.4, 0.5) is 0 Å². The van der Waals surface area contributed by atoms with Crippen molar-refractivity contribution in [3.8, 4) is 5.75 Å². The summed E-state index contributed by atoms with van der Waals surface area (Å²) in [5, 5.41) is 0. The highest BCUT2D eigenvalue weighted by Gasteiger charge is 2.25. The van der Waals surface area contributed by atoms with Gasteiger partial charge in [-0.3, -0.25) is 9.59 Å². The number of carbonyl (C=O) groups excluding carboxylic acids is 2. The van der Waals surface area contributed by atoms with Crippen LogP contribution < -0.4 is 4.74 Å². The molecule has 2 heterocycles. The van der Waals surface area contributed by atoms with E-state index in [0.717, 1.165) is 29.7 Å². The molecule has 2 saturated heterocycles. The Balaban J connectivity index is 1.18. The number of piperidine rings is 1. The molecule has 2 aliphatic rings. The second-order valence-corrected chi connectivity index (χ2v) is 11.4. The number of aryl methyl sites for hydroxylation is 1. The quantitative estimate of drug-likeness (QED) is 0.516. The lowest BCUT2D eigenvalue weighted by molar-refractivity contribution is -0.122. The van der Waals surface area contributed by atoms with Crippen LogP contribution in [0.1, 0.15) is 51.8 Å². The number of hydrogen-bond donors (Lipinski definition) is 0. The van der Waals surface area contributed by atoms with Gasteiger partial charge in [0.05, 0.1) is 4.58 Å². The molecule has 1 amide bonds. The lowest BCUT2D eigenvalue weighted by Crippen LogP contribution is -2.39. The summed E-state index contributed by atoms with van der Waals surface area (Å²) < 4.78 is 6.27. The summed E-state index contributed by atoms with van der Waals surface area (Å²) in [6.45, 7) is 3.56. The minimum absolute atomic E-state index is 0.0894. The van der Waals surface area contributed by atoms with Crippen LogP contribution in [0.3, 0.4) is 0 Å². The zero-order valence-corrected chi connectivity index (χ0v) is 20.3. The minimum Gasteiger partial charge on any atom is -0.486 e. The number of ketones is 1. The molecular weight excluding hydrogens is 438 g/mol. The Morgan fingerprint density at radius 2 is 1.62 bits per heavy atom. The lowest BCUT2D eigenvalue weighted by Gasteiger charge is -2.31. The van der Waals surface area contributed by atoms with E-state index in [1.165, 1.54) is 23.5 Å². The number of carbonyl (C=O) groups is 2. The average molecular weight is 470 g/mol. The van der Waals surface area contributed by atoms with E-state index in [-0.39, 0.29) is 18.3 Å². The standard InChI is InChI=1S/C26H31NO3S2/c1-19-3-5-21(6-4-19)25(29)27-13-11-20(12-14-27)17-23(28)18-30-24-9-7-22(8-10-24)26-31-15-2-16-32-26/h3-10,20,26H,2,11-18H2,1H3. The van der Waals surface area contributed by atoms with E-state index in [1.807, 2.05) is 71.7 Å². The van der Waals surface area contributed by atoms with Gasteiger partial charge in [0, 0.05) is 25.1 Å². The van der Waals surface area contributed by atoms with E-state index < -0.39 is 0 Å². The second kappa shape index (κ2) is 11.3. The summed E-state index contributed by atoms with van der Waals surface area (Å²) in [5.41, 5.74) is 3.22. The Bertz CT molecular complexity index is 900. The van der Waals surface area contributed by atoms with E-state index in [9.17, 15) is 9.59 Å². The van der Waals surface area contributed by atoms with E-state index in [4.69, 9.17) is 4.74 Å². The number of thioether (sulfide) groups is 2. The first-order chi connectivity index (χ1) is 15.6. The molecule has 4 rings (SSSR count). The maximum atomic E-state index is 12.7. The highest BCUT2D eigenvalue weighted by molar-refractivity contribution is 8.16. The van der Waals surface area contributed by atoms with Crippen molar-refractivity contribution < 1.29 is 14.3 Å². The Kier molecular flexibility index (Phi) is 8.20. The lowest BCUT2D eigenvalue weighted by atomic mass is 9.91. The SMILES string of the molecule is Cc1ccc(C(=O)N2CCC(CC(=O)COc3ccc(C4SCCCS4)cc3)CC2)cc1. The molecule has 170 valence electrons. The van der Waals surface area contributed by atoms with Crippen molar-refractivity contribution in [2.75, 3.05) is 31.2 Å². The van der Waals surface area contributed by atoms with Gasteiger partial charge >= 0.3 is 0 Å². The molecule has 0 unspecified atom stereocenters. The number of benzene rings is 2. The molecule has 6 heteroatoms. The van der Waals surface area contributed by atoms with Gasteiger partial charge < -0.3 is 9.64 Å².